The van der Waals surface area contributed by atoms with E-state index in [-0.39, 0.29) is 5.91 Å². The highest BCUT2D eigenvalue weighted by Gasteiger charge is 2.51. The summed E-state index contributed by atoms with van der Waals surface area (Å²) >= 11 is 0. The van der Waals surface area contributed by atoms with Crippen molar-refractivity contribution >= 4 is 30.8 Å². The molecule has 1 aromatic carbocycles. The van der Waals surface area contributed by atoms with Crippen molar-refractivity contribution < 1.29 is 14.3 Å². The van der Waals surface area contributed by atoms with E-state index in [0.29, 0.717) is 26.5 Å². The van der Waals surface area contributed by atoms with Gasteiger partial charge in [0.15, 0.2) is 0 Å². The van der Waals surface area contributed by atoms with Crippen LogP contribution in [0.3, 0.4) is 0 Å². The van der Waals surface area contributed by atoms with Gasteiger partial charge in [-0.1, -0.05) is 39.1 Å². The van der Waals surface area contributed by atoms with Crippen LogP contribution in [0.5, 0.6) is 0 Å². The molecule has 1 aliphatic carbocycles. The van der Waals surface area contributed by atoms with Crippen molar-refractivity contribution in [3.63, 3.8) is 0 Å². The Bertz CT molecular complexity index is 1250. The molecule has 1 saturated heterocycles. The highest BCUT2D eigenvalue weighted by molar-refractivity contribution is 6.76. The second-order valence-electron chi connectivity index (χ2n) is 12.9. The van der Waals surface area contributed by atoms with Crippen LogP contribution in [0.1, 0.15) is 80.3 Å². The van der Waals surface area contributed by atoms with Crippen LogP contribution < -0.4 is 4.90 Å². The van der Waals surface area contributed by atoms with Crippen LogP contribution in [0.25, 0.3) is 11.1 Å². The third-order valence-electron chi connectivity index (χ3n) is 8.87. The predicted molar refractivity (Wildman–Crippen MR) is 162 cm³/mol. The summed E-state index contributed by atoms with van der Waals surface area (Å²) in [7, 11) is -1.11. The van der Waals surface area contributed by atoms with Crippen molar-refractivity contribution in [2.45, 2.75) is 104 Å². The fourth-order valence-electron chi connectivity index (χ4n) is 6.70. The van der Waals surface area contributed by atoms with Gasteiger partial charge in [0.05, 0.1) is 11.1 Å². The molecule has 212 valence electrons. The molecule has 3 aliphatic rings. The van der Waals surface area contributed by atoms with Crippen molar-refractivity contribution in [2.75, 3.05) is 31.3 Å². The number of anilines is 1. The first-order chi connectivity index (χ1) is 18.7. The van der Waals surface area contributed by atoms with E-state index >= 15 is 0 Å². The molecule has 0 saturated carbocycles. The van der Waals surface area contributed by atoms with Crippen molar-refractivity contribution in [3.8, 4) is 0 Å². The second-order valence-corrected chi connectivity index (χ2v) is 18.5. The first-order valence-electron chi connectivity index (χ1n) is 15.1. The van der Waals surface area contributed by atoms with Gasteiger partial charge in [-0.3, -0.25) is 4.79 Å². The second kappa shape index (κ2) is 11.3. The molecule has 6 nitrogen and oxygen atoms in total. The molecule has 0 atom stereocenters. The highest BCUT2D eigenvalue weighted by Crippen LogP contribution is 2.50. The molecule has 1 amide bonds. The minimum atomic E-state index is -1.11. The minimum Gasteiger partial charge on any atom is -0.381 e. The summed E-state index contributed by atoms with van der Waals surface area (Å²) in [6, 6.07) is 5.84. The lowest BCUT2D eigenvalue weighted by atomic mass is 9.74. The average Bonchev–Trinajstić information content (AvgIpc) is 3.33. The van der Waals surface area contributed by atoms with E-state index in [0.717, 1.165) is 62.9 Å². The Morgan fingerprint density at radius 1 is 1.13 bits per heavy atom. The summed E-state index contributed by atoms with van der Waals surface area (Å²) in [5, 5.41) is 5.10. The van der Waals surface area contributed by atoms with Gasteiger partial charge in [-0.05, 0) is 97.9 Å². The number of carbonyl (C=O) groups is 1. The van der Waals surface area contributed by atoms with Crippen LogP contribution in [0.2, 0.25) is 25.7 Å². The van der Waals surface area contributed by atoms with E-state index in [9.17, 15) is 4.79 Å². The van der Waals surface area contributed by atoms with Gasteiger partial charge in [0, 0.05) is 46.3 Å². The molecular weight excluding hydrogens is 502 g/mol. The molecule has 3 heterocycles. The summed E-state index contributed by atoms with van der Waals surface area (Å²) in [5.41, 5.74) is 9.75. The Kier molecular flexibility index (Phi) is 8.23. The topological polar surface area (TPSA) is 56.6 Å². The Labute approximate surface area is 235 Å². The number of aryl methyl sites for hydroxylation is 2. The zero-order valence-corrected chi connectivity index (χ0v) is 26.0. The van der Waals surface area contributed by atoms with Crippen molar-refractivity contribution in [1.82, 2.24) is 9.78 Å². The van der Waals surface area contributed by atoms with Crippen LogP contribution in [0.4, 0.5) is 5.69 Å². The molecule has 0 bridgehead atoms. The SMILES string of the molecule is CCCC1=C(c2cc3c(cc2C)C2(CCOCC2)C(=O)N3CC)CCCc2cn(COCC[Si](C)(C)C)nc21. The van der Waals surface area contributed by atoms with Crippen LogP contribution in [0.15, 0.2) is 18.3 Å². The van der Waals surface area contributed by atoms with Gasteiger partial charge in [-0.2, -0.15) is 5.10 Å². The van der Waals surface area contributed by atoms with Gasteiger partial charge in [0.25, 0.3) is 0 Å². The zero-order valence-electron chi connectivity index (χ0n) is 25.0. The van der Waals surface area contributed by atoms with Gasteiger partial charge >= 0.3 is 0 Å². The molecule has 7 heteroatoms. The Morgan fingerprint density at radius 2 is 1.90 bits per heavy atom. The van der Waals surface area contributed by atoms with Crippen molar-refractivity contribution in [1.29, 1.82) is 0 Å². The Balaban J connectivity index is 1.53. The summed E-state index contributed by atoms with van der Waals surface area (Å²) in [6.07, 6.45) is 9.02. The smallest absolute Gasteiger partial charge is 0.237 e. The number of hydrogen-bond donors (Lipinski definition) is 0. The summed E-state index contributed by atoms with van der Waals surface area (Å²) in [4.78, 5) is 15.8. The maximum absolute atomic E-state index is 13.8. The van der Waals surface area contributed by atoms with Crippen LogP contribution >= 0.6 is 0 Å². The van der Waals surface area contributed by atoms with Gasteiger partial charge < -0.3 is 14.4 Å². The normalized spacial score (nSPS) is 19.0. The molecule has 39 heavy (non-hydrogen) atoms. The van der Waals surface area contributed by atoms with E-state index in [4.69, 9.17) is 14.6 Å². The van der Waals surface area contributed by atoms with Crippen molar-refractivity contribution in [3.05, 3.63) is 46.3 Å². The molecule has 2 aliphatic heterocycles. The number of nitrogens with zero attached hydrogens (tertiary/aromatic N) is 3. The number of likely N-dealkylation sites (N-methyl/N-ethyl adjacent to an activating group) is 1. The van der Waals surface area contributed by atoms with E-state index < -0.39 is 13.5 Å². The lowest BCUT2D eigenvalue weighted by Crippen LogP contribution is -2.44. The quantitative estimate of drug-likeness (QED) is 0.250. The molecule has 1 aromatic heterocycles. The lowest BCUT2D eigenvalue weighted by molar-refractivity contribution is -0.126. The van der Waals surface area contributed by atoms with Gasteiger partial charge in [0.2, 0.25) is 5.91 Å². The maximum atomic E-state index is 13.8. The molecule has 0 radical (unpaired) electrons. The van der Waals surface area contributed by atoms with E-state index in [1.807, 2.05) is 9.58 Å². The van der Waals surface area contributed by atoms with Gasteiger partial charge in [0.1, 0.15) is 6.73 Å². The van der Waals surface area contributed by atoms with E-state index in [1.165, 1.54) is 39.4 Å². The Hall–Kier alpha value is -2.22. The number of aromatic nitrogens is 2. The first-order valence-corrected chi connectivity index (χ1v) is 18.8. The third-order valence-corrected chi connectivity index (χ3v) is 10.6. The fraction of sp³-hybridized carbons (Fsp3) is 0.625. The predicted octanol–water partition coefficient (Wildman–Crippen LogP) is 6.97. The van der Waals surface area contributed by atoms with Gasteiger partial charge in [-0.15, -0.1) is 0 Å². The lowest BCUT2D eigenvalue weighted by Gasteiger charge is -2.32. The third kappa shape index (κ3) is 5.42. The molecule has 0 N–H and O–H groups in total. The molecule has 0 unspecified atom stereocenters. The zero-order chi connectivity index (χ0) is 27.8. The fourth-order valence-corrected chi connectivity index (χ4v) is 7.45. The molecule has 5 rings (SSSR count). The maximum Gasteiger partial charge on any atom is 0.237 e. The highest BCUT2D eigenvalue weighted by atomic mass is 28.3. The number of amides is 1. The number of carbonyl (C=O) groups excluding carboxylic acids is 1. The average molecular weight is 550 g/mol. The molecule has 2 aromatic rings. The van der Waals surface area contributed by atoms with Crippen molar-refractivity contribution in [2.24, 2.45) is 0 Å². The molecule has 1 fully saturated rings. The van der Waals surface area contributed by atoms with Gasteiger partial charge in [-0.25, -0.2) is 4.68 Å². The Morgan fingerprint density at radius 3 is 2.59 bits per heavy atom. The number of benzene rings is 1. The number of hydrogen-bond acceptors (Lipinski definition) is 4. The van der Waals surface area contributed by atoms with Crippen LogP contribution in [0, 0.1) is 6.92 Å². The first kappa shape index (κ1) is 28.3. The van der Waals surface area contributed by atoms with E-state index in [2.05, 4.69) is 58.7 Å². The number of rotatable bonds is 9. The standard InChI is InChI=1S/C32H47N3O3Si/c1-7-10-26-25(12-9-11-24-21-34(33-30(24)26)22-38-17-18-39(4,5)6)27-20-29-28(19-23(27)3)32(13-15-37-16-14-32)31(36)35(29)8-2/h19-21H,7-18,22H2,1-6H3. The summed E-state index contributed by atoms with van der Waals surface area (Å²) in [6.45, 7) is 17.1. The molecular formula is C32H47N3O3Si. The summed E-state index contributed by atoms with van der Waals surface area (Å²) in [5.74, 6) is 0.263. The molecule has 1 spiro atoms. The summed E-state index contributed by atoms with van der Waals surface area (Å²) < 4.78 is 13.7. The monoisotopic (exact) mass is 549 g/mol. The van der Waals surface area contributed by atoms with Crippen LogP contribution in [-0.4, -0.2) is 50.1 Å². The number of ether oxygens (including phenoxy) is 2. The van der Waals surface area contributed by atoms with E-state index in [1.54, 1.807) is 0 Å². The number of allylic oxidation sites excluding steroid dienone is 2. The largest absolute Gasteiger partial charge is 0.381 e. The number of fused-ring (bicyclic) bond motifs is 3. The minimum absolute atomic E-state index is 0.263. The van der Waals surface area contributed by atoms with Crippen LogP contribution in [-0.2, 0) is 32.8 Å².